The molecule has 0 atom stereocenters. The summed E-state index contributed by atoms with van der Waals surface area (Å²) in [6.07, 6.45) is 4.95. The van der Waals surface area contributed by atoms with Crippen LogP contribution in [0.1, 0.15) is 0 Å². The first-order valence-electron chi connectivity index (χ1n) is 4.42. The van der Waals surface area contributed by atoms with E-state index in [2.05, 4.69) is 11.2 Å². The van der Waals surface area contributed by atoms with E-state index in [-0.39, 0.29) is 23.9 Å². The molecule has 0 saturated carbocycles. The number of nitrogens with one attached hydrogen (secondary N) is 1. The summed E-state index contributed by atoms with van der Waals surface area (Å²) < 4.78 is 18.1. The van der Waals surface area contributed by atoms with E-state index in [9.17, 15) is 9.18 Å². The predicted octanol–water partition coefficient (Wildman–Crippen LogP) is 1.61. The van der Waals surface area contributed by atoms with Crippen molar-refractivity contribution < 1.29 is 13.9 Å². The first kappa shape index (κ1) is 12.3. The van der Waals surface area contributed by atoms with Crippen molar-refractivity contribution in [2.24, 2.45) is 0 Å². The second-order valence-electron chi connectivity index (χ2n) is 2.82. The maximum atomic E-state index is 13.2. The van der Waals surface area contributed by atoms with Crippen LogP contribution in [0.15, 0.2) is 18.2 Å². The zero-order chi connectivity index (χ0) is 12.0. The Hall–Kier alpha value is -1.73. The SMILES string of the molecule is C#CCNC(=O)COc1c(F)cccc1Cl. The highest BCUT2D eigenvalue weighted by Crippen LogP contribution is 2.26. The average molecular weight is 242 g/mol. The normalized spacial score (nSPS) is 9.31. The van der Waals surface area contributed by atoms with Crippen LogP contribution in [0, 0.1) is 18.2 Å². The van der Waals surface area contributed by atoms with Crippen molar-refractivity contribution in [1.29, 1.82) is 0 Å². The van der Waals surface area contributed by atoms with Crippen LogP contribution in [0.5, 0.6) is 5.75 Å². The van der Waals surface area contributed by atoms with Gasteiger partial charge < -0.3 is 10.1 Å². The summed E-state index contributed by atoms with van der Waals surface area (Å²) in [5.41, 5.74) is 0. The van der Waals surface area contributed by atoms with E-state index in [4.69, 9.17) is 22.8 Å². The van der Waals surface area contributed by atoms with Crippen molar-refractivity contribution in [3.63, 3.8) is 0 Å². The summed E-state index contributed by atoms with van der Waals surface area (Å²) in [6, 6.07) is 4.11. The van der Waals surface area contributed by atoms with Crippen molar-refractivity contribution in [3.8, 4) is 18.1 Å². The number of carbonyl (C=O) groups is 1. The highest BCUT2D eigenvalue weighted by Gasteiger charge is 2.09. The Kier molecular flexibility index (Phi) is 4.62. The number of benzene rings is 1. The van der Waals surface area contributed by atoms with Gasteiger partial charge in [0.25, 0.3) is 5.91 Å². The zero-order valence-electron chi connectivity index (χ0n) is 8.30. The van der Waals surface area contributed by atoms with Crippen molar-refractivity contribution in [3.05, 3.63) is 29.0 Å². The summed E-state index contributed by atoms with van der Waals surface area (Å²) in [5.74, 6) is 1.05. The molecule has 0 saturated heterocycles. The molecule has 0 aromatic heterocycles. The van der Waals surface area contributed by atoms with E-state index in [0.29, 0.717) is 0 Å². The molecule has 1 aromatic rings. The van der Waals surface area contributed by atoms with E-state index in [1.807, 2.05) is 0 Å². The molecule has 0 radical (unpaired) electrons. The van der Waals surface area contributed by atoms with Crippen molar-refractivity contribution in [1.82, 2.24) is 5.32 Å². The second-order valence-corrected chi connectivity index (χ2v) is 3.23. The number of ether oxygens (including phenoxy) is 1. The van der Waals surface area contributed by atoms with E-state index in [0.717, 1.165) is 0 Å². The molecule has 0 aliphatic heterocycles. The Balaban J connectivity index is 2.55. The van der Waals surface area contributed by atoms with Gasteiger partial charge >= 0.3 is 0 Å². The number of amides is 1. The lowest BCUT2D eigenvalue weighted by molar-refractivity contribution is -0.122. The summed E-state index contributed by atoms with van der Waals surface area (Å²) in [4.78, 5) is 11.1. The summed E-state index contributed by atoms with van der Waals surface area (Å²) in [6.45, 7) is -0.227. The van der Waals surface area contributed by atoms with Gasteiger partial charge in [-0.2, -0.15) is 0 Å². The molecule has 0 aliphatic rings. The van der Waals surface area contributed by atoms with Crippen LogP contribution in [-0.4, -0.2) is 19.1 Å². The summed E-state index contributed by atoms with van der Waals surface area (Å²) in [7, 11) is 0. The maximum Gasteiger partial charge on any atom is 0.258 e. The minimum atomic E-state index is -0.614. The molecule has 1 N–H and O–H groups in total. The topological polar surface area (TPSA) is 38.3 Å². The first-order chi connectivity index (χ1) is 7.65. The molecule has 0 aliphatic carbocycles. The Morgan fingerprint density at radius 3 is 3.00 bits per heavy atom. The average Bonchev–Trinajstić information content (AvgIpc) is 2.25. The monoisotopic (exact) mass is 241 g/mol. The van der Waals surface area contributed by atoms with Crippen molar-refractivity contribution in [2.75, 3.05) is 13.2 Å². The fourth-order valence-electron chi connectivity index (χ4n) is 0.959. The number of hydrogen-bond donors (Lipinski definition) is 1. The lowest BCUT2D eigenvalue weighted by atomic mass is 10.3. The molecule has 0 heterocycles. The Bertz CT molecular complexity index is 408. The summed E-state index contributed by atoms with van der Waals surface area (Å²) in [5, 5.41) is 2.49. The van der Waals surface area contributed by atoms with Gasteiger partial charge in [0.2, 0.25) is 0 Å². The van der Waals surface area contributed by atoms with Gasteiger partial charge in [0.15, 0.2) is 18.2 Å². The molecule has 1 rings (SSSR count). The highest BCUT2D eigenvalue weighted by molar-refractivity contribution is 6.32. The lowest BCUT2D eigenvalue weighted by Gasteiger charge is -2.08. The quantitative estimate of drug-likeness (QED) is 0.814. The first-order valence-corrected chi connectivity index (χ1v) is 4.80. The van der Waals surface area contributed by atoms with Gasteiger partial charge in [0.1, 0.15) is 0 Å². The van der Waals surface area contributed by atoms with Gasteiger partial charge in [0, 0.05) is 0 Å². The number of para-hydroxylation sites is 1. The van der Waals surface area contributed by atoms with Crippen molar-refractivity contribution >= 4 is 17.5 Å². The number of terminal acetylenes is 1. The minimum absolute atomic E-state index is 0.104. The summed E-state index contributed by atoms with van der Waals surface area (Å²) >= 11 is 5.69. The maximum absolute atomic E-state index is 13.2. The minimum Gasteiger partial charge on any atom is -0.479 e. The van der Waals surface area contributed by atoms with Gasteiger partial charge in [-0.25, -0.2) is 4.39 Å². The molecule has 16 heavy (non-hydrogen) atoms. The fourth-order valence-corrected chi connectivity index (χ4v) is 1.18. The molecular formula is C11H9ClFNO2. The Morgan fingerprint density at radius 1 is 1.62 bits per heavy atom. The Morgan fingerprint density at radius 2 is 2.38 bits per heavy atom. The number of hydrogen-bond acceptors (Lipinski definition) is 2. The lowest BCUT2D eigenvalue weighted by Crippen LogP contribution is -2.29. The Labute approximate surface area is 97.5 Å². The van der Waals surface area contributed by atoms with Crippen LogP contribution >= 0.6 is 11.6 Å². The van der Waals surface area contributed by atoms with E-state index in [1.165, 1.54) is 18.2 Å². The third kappa shape index (κ3) is 3.44. The number of carbonyl (C=O) groups excluding carboxylic acids is 1. The van der Waals surface area contributed by atoms with E-state index < -0.39 is 11.7 Å². The van der Waals surface area contributed by atoms with Gasteiger partial charge in [-0.05, 0) is 12.1 Å². The molecule has 0 fully saturated rings. The van der Waals surface area contributed by atoms with Gasteiger partial charge in [-0.15, -0.1) is 6.42 Å². The fraction of sp³-hybridized carbons (Fsp3) is 0.182. The third-order valence-corrected chi connectivity index (χ3v) is 1.95. The van der Waals surface area contributed by atoms with Crippen LogP contribution in [0.3, 0.4) is 0 Å². The third-order valence-electron chi connectivity index (χ3n) is 1.65. The standard InChI is InChI=1S/C11H9ClFNO2/c1-2-6-14-10(15)7-16-11-8(12)4-3-5-9(11)13/h1,3-5H,6-7H2,(H,14,15). The highest BCUT2D eigenvalue weighted by atomic mass is 35.5. The number of rotatable bonds is 4. The largest absolute Gasteiger partial charge is 0.479 e. The molecule has 84 valence electrons. The zero-order valence-corrected chi connectivity index (χ0v) is 9.05. The van der Waals surface area contributed by atoms with Gasteiger partial charge in [-0.1, -0.05) is 23.6 Å². The molecule has 3 nitrogen and oxygen atoms in total. The molecular weight excluding hydrogens is 233 g/mol. The molecule has 0 unspecified atom stereocenters. The van der Waals surface area contributed by atoms with Gasteiger partial charge in [-0.3, -0.25) is 4.79 Å². The van der Waals surface area contributed by atoms with Crippen LogP contribution in [0.4, 0.5) is 4.39 Å². The second kappa shape index (κ2) is 5.99. The molecule has 0 bridgehead atoms. The number of halogens is 2. The van der Waals surface area contributed by atoms with E-state index >= 15 is 0 Å². The van der Waals surface area contributed by atoms with E-state index in [1.54, 1.807) is 0 Å². The smallest absolute Gasteiger partial charge is 0.258 e. The molecule has 1 aromatic carbocycles. The van der Waals surface area contributed by atoms with Crippen LogP contribution in [0.2, 0.25) is 5.02 Å². The van der Waals surface area contributed by atoms with Crippen LogP contribution < -0.4 is 10.1 Å². The van der Waals surface area contributed by atoms with Crippen LogP contribution in [0.25, 0.3) is 0 Å². The van der Waals surface area contributed by atoms with Crippen molar-refractivity contribution in [2.45, 2.75) is 0 Å². The molecule has 0 spiro atoms. The van der Waals surface area contributed by atoms with Crippen LogP contribution in [-0.2, 0) is 4.79 Å². The predicted molar refractivity (Wildman–Crippen MR) is 58.7 cm³/mol. The van der Waals surface area contributed by atoms with Gasteiger partial charge in [0.05, 0.1) is 11.6 Å². The molecule has 5 heteroatoms. The molecule has 1 amide bonds.